The topological polar surface area (TPSA) is 125 Å². The van der Waals surface area contributed by atoms with Crippen LogP contribution in [0.2, 0.25) is 0 Å². The normalized spacial score (nSPS) is 18.0. The highest BCUT2D eigenvalue weighted by molar-refractivity contribution is 5.78. The van der Waals surface area contributed by atoms with Crippen molar-refractivity contribution in [2.45, 2.75) is 44.7 Å². The molecule has 1 aliphatic rings. The Bertz CT molecular complexity index is 513. The average molecular weight is 337 g/mol. The van der Waals surface area contributed by atoms with E-state index < -0.39 is 18.0 Å². The summed E-state index contributed by atoms with van der Waals surface area (Å²) in [5.41, 5.74) is 7.32. The minimum absolute atomic E-state index is 0.0541. The lowest BCUT2D eigenvalue weighted by Crippen LogP contribution is -2.39. The molecule has 0 saturated carbocycles. The number of nitrogens with two attached hydrogens (primary N) is 1. The molecule has 1 aromatic carbocycles. The van der Waals surface area contributed by atoms with E-state index in [0.717, 1.165) is 18.7 Å². The van der Waals surface area contributed by atoms with E-state index in [2.05, 4.69) is 10.6 Å². The molecule has 1 saturated heterocycles. The summed E-state index contributed by atoms with van der Waals surface area (Å²) in [5, 5.41) is 23.5. The highest BCUT2D eigenvalue weighted by atomic mass is 16.4. The molecule has 0 aromatic heterocycles. The van der Waals surface area contributed by atoms with Crippen molar-refractivity contribution >= 4 is 17.6 Å². The zero-order chi connectivity index (χ0) is 17.9. The minimum atomic E-state index is -1.05. The van der Waals surface area contributed by atoms with Crippen LogP contribution in [-0.4, -0.2) is 47.3 Å². The fraction of sp³-hybridized carbons (Fsp3) is 0.529. The third-order valence-corrected chi connectivity index (χ3v) is 3.67. The molecule has 6 N–H and O–H groups in total. The smallest absolute Gasteiger partial charge is 0.326 e. The monoisotopic (exact) mass is 337 g/mol. The number of hydrogen-bond acceptors (Lipinski definition) is 5. The molecule has 0 spiro atoms. The van der Waals surface area contributed by atoms with Gasteiger partial charge in [0.25, 0.3) is 0 Å². The maximum atomic E-state index is 10.9. The predicted molar refractivity (Wildman–Crippen MR) is 93.2 cm³/mol. The molecule has 0 unspecified atom stereocenters. The summed E-state index contributed by atoms with van der Waals surface area (Å²) < 4.78 is 0. The molecule has 0 amide bonds. The summed E-state index contributed by atoms with van der Waals surface area (Å²) in [5.74, 6) is -2.05. The van der Waals surface area contributed by atoms with E-state index in [-0.39, 0.29) is 12.8 Å². The number of anilines is 1. The van der Waals surface area contributed by atoms with E-state index in [0.29, 0.717) is 11.7 Å². The fourth-order valence-corrected chi connectivity index (χ4v) is 2.25. The van der Waals surface area contributed by atoms with Crippen LogP contribution in [0.1, 0.15) is 31.2 Å². The summed E-state index contributed by atoms with van der Waals surface area (Å²) in [6.45, 7) is 4.11. The van der Waals surface area contributed by atoms with Crippen LogP contribution < -0.4 is 16.4 Å². The first-order valence-corrected chi connectivity index (χ1v) is 8.12. The van der Waals surface area contributed by atoms with Gasteiger partial charge in [-0.1, -0.05) is 17.7 Å². The van der Waals surface area contributed by atoms with E-state index in [1.807, 2.05) is 19.1 Å². The molecule has 7 nitrogen and oxygen atoms in total. The van der Waals surface area contributed by atoms with Gasteiger partial charge in [0.05, 0.1) is 0 Å². The minimum Gasteiger partial charge on any atom is -0.481 e. The van der Waals surface area contributed by atoms with Gasteiger partial charge in [-0.2, -0.15) is 0 Å². The Labute approximate surface area is 142 Å². The van der Waals surface area contributed by atoms with Crippen LogP contribution in [-0.2, 0) is 9.59 Å². The van der Waals surface area contributed by atoms with E-state index in [1.165, 1.54) is 12.8 Å². The van der Waals surface area contributed by atoms with Crippen LogP contribution in [0.25, 0.3) is 0 Å². The number of benzene rings is 1. The molecule has 0 bridgehead atoms. The summed E-state index contributed by atoms with van der Waals surface area (Å²) in [6, 6.07) is 6.80. The molecule has 0 aliphatic carbocycles. The van der Waals surface area contributed by atoms with Crippen molar-refractivity contribution < 1.29 is 19.8 Å². The second-order valence-corrected chi connectivity index (χ2v) is 5.94. The Kier molecular flexibility index (Phi) is 8.81. The number of hydrogen-bond donors (Lipinski definition) is 5. The van der Waals surface area contributed by atoms with Gasteiger partial charge in [0.2, 0.25) is 0 Å². The van der Waals surface area contributed by atoms with Crippen molar-refractivity contribution in [1.82, 2.24) is 5.32 Å². The number of aliphatic carboxylic acids is 2. The summed E-state index contributed by atoms with van der Waals surface area (Å²) in [4.78, 5) is 21.3. The number of piperidine rings is 1. The van der Waals surface area contributed by atoms with Crippen molar-refractivity contribution in [1.29, 1.82) is 0 Å². The summed E-state index contributed by atoms with van der Waals surface area (Å²) >= 11 is 0. The first-order chi connectivity index (χ1) is 11.4. The van der Waals surface area contributed by atoms with Crippen LogP contribution in [0.5, 0.6) is 0 Å². The second-order valence-electron chi connectivity index (χ2n) is 5.94. The highest BCUT2D eigenvalue weighted by Crippen LogP contribution is 2.12. The molecule has 1 heterocycles. The molecule has 2 atom stereocenters. The molecular formula is C17H27N3O4. The largest absolute Gasteiger partial charge is 0.481 e. The van der Waals surface area contributed by atoms with Crippen LogP contribution in [0.3, 0.4) is 0 Å². The standard InChI is InChI=1S/C12H15NO4.C5H12N2/c1-8-2-4-9(5-3-8)13-10(12(16)17)6-7-11(14)15;6-5-2-1-3-7-4-5/h2-5,10,13H,6-7H2,1H3,(H,14,15)(H,16,17);5,7H,1-4,6H2/t10-;5-/m10/s1. The molecule has 24 heavy (non-hydrogen) atoms. The fourth-order valence-electron chi connectivity index (χ4n) is 2.25. The Morgan fingerprint density at radius 1 is 1.33 bits per heavy atom. The maximum absolute atomic E-state index is 10.9. The Morgan fingerprint density at radius 2 is 2.00 bits per heavy atom. The third kappa shape index (κ3) is 8.50. The lowest BCUT2D eigenvalue weighted by molar-refractivity contribution is -0.139. The van der Waals surface area contributed by atoms with Gasteiger partial charge < -0.3 is 26.6 Å². The zero-order valence-electron chi connectivity index (χ0n) is 14.0. The SMILES string of the molecule is Cc1ccc(N[C@H](CCC(=O)O)C(=O)O)cc1.N[C@H]1CCCNC1. The van der Waals surface area contributed by atoms with Gasteiger partial charge in [-0.15, -0.1) is 0 Å². The number of carboxylic acids is 2. The lowest BCUT2D eigenvalue weighted by Gasteiger charge is -2.17. The van der Waals surface area contributed by atoms with Crippen LogP contribution in [0.4, 0.5) is 5.69 Å². The van der Waals surface area contributed by atoms with Crippen molar-refractivity contribution in [2.24, 2.45) is 5.73 Å². The number of carboxylic acid groups (broad SMARTS) is 2. The van der Waals surface area contributed by atoms with Gasteiger partial charge in [0.1, 0.15) is 6.04 Å². The first-order valence-electron chi connectivity index (χ1n) is 8.12. The Morgan fingerprint density at radius 3 is 2.42 bits per heavy atom. The van der Waals surface area contributed by atoms with Crippen LogP contribution in [0.15, 0.2) is 24.3 Å². The molecule has 7 heteroatoms. The summed E-state index contributed by atoms with van der Waals surface area (Å²) in [7, 11) is 0. The first kappa shape index (κ1) is 19.9. The molecule has 2 rings (SSSR count). The van der Waals surface area contributed by atoms with Crippen LogP contribution in [0, 0.1) is 6.92 Å². The number of carbonyl (C=O) groups is 2. The van der Waals surface area contributed by atoms with Gasteiger partial charge in [-0.3, -0.25) is 4.79 Å². The van der Waals surface area contributed by atoms with E-state index in [1.54, 1.807) is 12.1 Å². The van der Waals surface area contributed by atoms with Gasteiger partial charge in [0, 0.05) is 24.7 Å². The number of nitrogens with one attached hydrogen (secondary N) is 2. The molecule has 134 valence electrons. The van der Waals surface area contributed by atoms with Crippen molar-refractivity contribution in [3.8, 4) is 0 Å². The molecule has 1 fully saturated rings. The number of aryl methyl sites for hydroxylation is 1. The van der Waals surface area contributed by atoms with Crippen LogP contribution >= 0.6 is 0 Å². The quantitative estimate of drug-likeness (QED) is 0.531. The molecule has 0 radical (unpaired) electrons. The summed E-state index contributed by atoms with van der Waals surface area (Å²) in [6.07, 6.45) is 2.34. The van der Waals surface area contributed by atoms with E-state index >= 15 is 0 Å². The Hall–Kier alpha value is -2.12. The van der Waals surface area contributed by atoms with E-state index in [4.69, 9.17) is 15.9 Å². The molecule has 1 aliphatic heterocycles. The van der Waals surface area contributed by atoms with Crippen molar-refractivity contribution in [2.75, 3.05) is 18.4 Å². The average Bonchev–Trinajstić information content (AvgIpc) is 2.54. The van der Waals surface area contributed by atoms with Gasteiger partial charge in [0.15, 0.2) is 0 Å². The second kappa shape index (κ2) is 10.6. The van der Waals surface area contributed by atoms with Gasteiger partial charge in [-0.05, 0) is 44.9 Å². The lowest BCUT2D eigenvalue weighted by atomic mass is 10.1. The van der Waals surface area contributed by atoms with Crippen molar-refractivity contribution in [3.05, 3.63) is 29.8 Å². The molecular weight excluding hydrogens is 310 g/mol. The predicted octanol–water partition coefficient (Wildman–Crippen LogP) is 1.42. The highest BCUT2D eigenvalue weighted by Gasteiger charge is 2.18. The third-order valence-electron chi connectivity index (χ3n) is 3.67. The van der Waals surface area contributed by atoms with Crippen molar-refractivity contribution in [3.63, 3.8) is 0 Å². The van der Waals surface area contributed by atoms with Gasteiger partial charge in [-0.25, -0.2) is 4.79 Å². The Balaban J connectivity index is 0.000000341. The number of rotatable bonds is 6. The molecule has 1 aromatic rings. The zero-order valence-corrected chi connectivity index (χ0v) is 14.0. The maximum Gasteiger partial charge on any atom is 0.326 e. The van der Waals surface area contributed by atoms with E-state index in [9.17, 15) is 9.59 Å². The van der Waals surface area contributed by atoms with Gasteiger partial charge >= 0.3 is 11.9 Å².